The molecule has 0 saturated carbocycles. The number of aromatic nitrogens is 3. The fourth-order valence-electron chi connectivity index (χ4n) is 1.19. The van der Waals surface area contributed by atoms with Crippen molar-refractivity contribution < 1.29 is 9.90 Å². The van der Waals surface area contributed by atoms with Gasteiger partial charge < -0.3 is 15.3 Å². The van der Waals surface area contributed by atoms with Crippen molar-refractivity contribution in [3.63, 3.8) is 0 Å². The molecule has 1 heterocycles. The van der Waals surface area contributed by atoms with E-state index < -0.39 is 5.97 Å². The molecule has 0 fully saturated rings. The van der Waals surface area contributed by atoms with E-state index in [1.165, 1.54) is 6.20 Å². The Morgan fingerprint density at radius 1 is 1.62 bits per heavy atom. The lowest BCUT2D eigenvalue weighted by atomic mass is 10.4. The average molecular weight is 227 g/mol. The number of nitrogens with one attached hydrogen (secondary N) is 1. The quantitative estimate of drug-likeness (QED) is 0.630. The summed E-state index contributed by atoms with van der Waals surface area (Å²) in [5.41, 5.74) is -0.0159. The Labute approximate surface area is 94.0 Å². The molecule has 0 saturated heterocycles. The molecule has 0 radical (unpaired) electrons. The van der Waals surface area contributed by atoms with Crippen LogP contribution in [0.15, 0.2) is 6.20 Å². The van der Waals surface area contributed by atoms with Crippen LogP contribution in [-0.4, -0.2) is 64.7 Å². The Balaban J connectivity index is 2.33. The largest absolute Gasteiger partial charge is 0.476 e. The summed E-state index contributed by atoms with van der Waals surface area (Å²) in [7, 11) is 3.91. The number of carboxylic acids is 1. The third-order valence-electron chi connectivity index (χ3n) is 2.21. The van der Waals surface area contributed by atoms with Crippen LogP contribution in [0.5, 0.6) is 0 Å². The molecular weight excluding hydrogens is 210 g/mol. The van der Waals surface area contributed by atoms with Crippen LogP contribution in [0.25, 0.3) is 0 Å². The Bertz CT molecular complexity index is 338. The highest BCUT2D eigenvalue weighted by molar-refractivity contribution is 5.84. The van der Waals surface area contributed by atoms with Crippen LogP contribution in [-0.2, 0) is 6.54 Å². The van der Waals surface area contributed by atoms with Gasteiger partial charge in [0.25, 0.3) is 0 Å². The molecule has 16 heavy (non-hydrogen) atoms. The van der Waals surface area contributed by atoms with Gasteiger partial charge in [-0.05, 0) is 14.1 Å². The number of likely N-dealkylation sites (N-methyl/N-ethyl adjacent to an activating group) is 2. The Morgan fingerprint density at radius 3 is 2.94 bits per heavy atom. The van der Waals surface area contributed by atoms with Crippen LogP contribution in [0.2, 0.25) is 0 Å². The SMILES string of the molecule is CNCCN(C)CCn1cc(C(=O)O)nn1. The van der Waals surface area contributed by atoms with E-state index in [-0.39, 0.29) is 5.69 Å². The summed E-state index contributed by atoms with van der Waals surface area (Å²) < 4.78 is 1.54. The topological polar surface area (TPSA) is 83.3 Å². The first-order valence-electron chi connectivity index (χ1n) is 5.10. The van der Waals surface area contributed by atoms with Crippen LogP contribution in [0, 0.1) is 0 Å². The fourth-order valence-corrected chi connectivity index (χ4v) is 1.19. The lowest BCUT2D eigenvalue weighted by Crippen LogP contribution is -2.30. The van der Waals surface area contributed by atoms with Gasteiger partial charge in [0.15, 0.2) is 5.69 Å². The van der Waals surface area contributed by atoms with E-state index in [1.54, 1.807) is 4.68 Å². The molecule has 0 atom stereocenters. The van der Waals surface area contributed by atoms with Gasteiger partial charge in [-0.25, -0.2) is 4.79 Å². The molecule has 0 spiro atoms. The fraction of sp³-hybridized carbons (Fsp3) is 0.667. The molecule has 0 aliphatic heterocycles. The Hall–Kier alpha value is -1.47. The number of rotatable bonds is 7. The minimum absolute atomic E-state index is 0.0159. The predicted octanol–water partition coefficient (Wildman–Crippen LogP) is -0.872. The van der Waals surface area contributed by atoms with Crippen molar-refractivity contribution in [1.29, 1.82) is 0 Å². The molecule has 2 N–H and O–H groups in total. The molecule has 0 aliphatic carbocycles. The third-order valence-corrected chi connectivity index (χ3v) is 2.21. The summed E-state index contributed by atoms with van der Waals surface area (Å²) >= 11 is 0. The molecule has 90 valence electrons. The molecule has 0 aromatic carbocycles. The highest BCUT2D eigenvalue weighted by Crippen LogP contribution is 1.93. The van der Waals surface area contributed by atoms with Crippen LogP contribution < -0.4 is 5.32 Å². The normalized spacial score (nSPS) is 10.9. The van der Waals surface area contributed by atoms with E-state index in [1.807, 2.05) is 14.1 Å². The molecule has 0 aliphatic rings. The van der Waals surface area contributed by atoms with E-state index in [4.69, 9.17) is 5.11 Å². The second kappa shape index (κ2) is 6.19. The van der Waals surface area contributed by atoms with Crippen LogP contribution in [0.1, 0.15) is 10.5 Å². The maximum Gasteiger partial charge on any atom is 0.358 e. The van der Waals surface area contributed by atoms with Crippen molar-refractivity contribution in [2.24, 2.45) is 0 Å². The molecule has 7 heteroatoms. The standard InChI is InChI=1S/C9H17N5O2/c1-10-3-4-13(2)5-6-14-7-8(9(15)16)11-12-14/h7,10H,3-6H2,1-2H3,(H,15,16). The zero-order valence-corrected chi connectivity index (χ0v) is 9.55. The van der Waals surface area contributed by atoms with Crippen LogP contribution >= 0.6 is 0 Å². The van der Waals surface area contributed by atoms with Crippen molar-refractivity contribution in [3.8, 4) is 0 Å². The minimum Gasteiger partial charge on any atom is -0.476 e. The van der Waals surface area contributed by atoms with Gasteiger partial charge in [-0.2, -0.15) is 0 Å². The van der Waals surface area contributed by atoms with Crippen molar-refractivity contribution in [1.82, 2.24) is 25.2 Å². The van der Waals surface area contributed by atoms with Gasteiger partial charge >= 0.3 is 5.97 Å². The van der Waals surface area contributed by atoms with Crippen LogP contribution in [0.4, 0.5) is 0 Å². The van der Waals surface area contributed by atoms with Crippen molar-refractivity contribution >= 4 is 5.97 Å². The van der Waals surface area contributed by atoms with Crippen molar-refractivity contribution in [2.75, 3.05) is 33.7 Å². The molecule has 1 aromatic rings. The summed E-state index contributed by atoms with van der Waals surface area (Å²) in [6.45, 7) is 3.32. The average Bonchev–Trinajstić information content (AvgIpc) is 2.72. The predicted molar refractivity (Wildman–Crippen MR) is 58.4 cm³/mol. The summed E-state index contributed by atoms with van der Waals surface area (Å²) in [5, 5.41) is 19.0. The number of hydrogen-bond donors (Lipinski definition) is 2. The Morgan fingerprint density at radius 2 is 2.38 bits per heavy atom. The number of nitrogens with zero attached hydrogens (tertiary/aromatic N) is 4. The zero-order chi connectivity index (χ0) is 12.0. The van der Waals surface area contributed by atoms with E-state index in [2.05, 4.69) is 20.5 Å². The van der Waals surface area contributed by atoms with Gasteiger partial charge in [-0.15, -0.1) is 5.10 Å². The van der Waals surface area contributed by atoms with Gasteiger partial charge in [-0.3, -0.25) is 4.68 Å². The molecule has 0 unspecified atom stereocenters. The first-order chi connectivity index (χ1) is 7.63. The smallest absolute Gasteiger partial charge is 0.358 e. The number of carboxylic acid groups (broad SMARTS) is 1. The Kier molecular flexibility index (Phi) is 4.87. The summed E-state index contributed by atoms with van der Waals surface area (Å²) in [4.78, 5) is 12.7. The van der Waals surface area contributed by atoms with Gasteiger partial charge in [0.1, 0.15) is 0 Å². The highest BCUT2D eigenvalue weighted by Gasteiger charge is 2.08. The highest BCUT2D eigenvalue weighted by atomic mass is 16.4. The zero-order valence-electron chi connectivity index (χ0n) is 9.55. The van der Waals surface area contributed by atoms with E-state index in [0.717, 1.165) is 19.6 Å². The lowest BCUT2D eigenvalue weighted by molar-refractivity contribution is 0.0690. The van der Waals surface area contributed by atoms with Gasteiger partial charge in [0, 0.05) is 19.6 Å². The molecule has 0 bridgehead atoms. The van der Waals surface area contributed by atoms with Gasteiger partial charge in [-0.1, -0.05) is 5.21 Å². The maximum absolute atomic E-state index is 10.6. The molecule has 0 amide bonds. The summed E-state index contributed by atoms with van der Waals surface area (Å²) in [6.07, 6.45) is 1.44. The van der Waals surface area contributed by atoms with Gasteiger partial charge in [0.05, 0.1) is 12.7 Å². The van der Waals surface area contributed by atoms with Crippen molar-refractivity contribution in [2.45, 2.75) is 6.54 Å². The second-order valence-electron chi connectivity index (χ2n) is 3.58. The van der Waals surface area contributed by atoms with Crippen molar-refractivity contribution in [3.05, 3.63) is 11.9 Å². The molecule has 7 nitrogen and oxygen atoms in total. The third kappa shape index (κ3) is 3.95. The summed E-state index contributed by atoms with van der Waals surface area (Å²) in [5.74, 6) is -1.05. The number of hydrogen-bond acceptors (Lipinski definition) is 5. The second-order valence-corrected chi connectivity index (χ2v) is 3.58. The molecule has 1 aromatic heterocycles. The van der Waals surface area contributed by atoms with Crippen LogP contribution in [0.3, 0.4) is 0 Å². The lowest BCUT2D eigenvalue weighted by Gasteiger charge is -2.15. The number of carbonyl (C=O) groups is 1. The van der Waals surface area contributed by atoms with E-state index in [9.17, 15) is 4.79 Å². The minimum atomic E-state index is -1.05. The molecular formula is C9H17N5O2. The number of aromatic carboxylic acids is 1. The molecule has 1 rings (SSSR count). The monoisotopic (exact) mass is 227 g/mol. The first-order valence-corrected chi connectivity index (χ1v) is 5.10. The maximum atomic E-state index is 10.6. The first kappa shape index (κ1) is 12.6. The summed E-state index contributed by atoms with van der Waals surface area (Å²) in [6, 6.07) is 0. The van der Waals surface area contributed by atoms with E-state index >= 15 is 0 Å². The van der Waals surface area contributed by atoms with E-state index in [0.29, 0.717) is 6.54 Å². The van der Waals surface area contributed by atoms with Gasteiger partial charge in [0.2, 0.25) is 0 Å².